The molecule has 2 aliphatic rings. The minimum atomic E-state index is -0.464. The summed E-state index contributed by atoms with van der Waals surface area (Å²) in [7, 11) is 0. The molecule has 2 saturated heterocycles. The molecule has 0 bridgehead atoms. The standard InChI is InChI=1S/C20H30N2O3/c1-19(2,3)25-18(23)22-11-7-10-20(16-22)15-21(12-13-24-20)14-17-8-5-4-6-9-17/h4-6,8-9H,7,10-16H2,1-3H3. The van der Waals surface area contributed by atoms with Crippen molar-refractivity contribution in [1.82, 2.24) is 9.80 Å². The van der Waals surface area contributed by atoms with E-state index >= 15 is 0 Å². The minimum absolute atomic E-state index is 0.227. The van der Waals surface area contributed by atoms with Crippen LogP contribution in [-0.2, 0) is 16.0 Å². The van der Waals surface area contributed by atoms with Crippen molar-refractivity contribution in [1.29, 1.82) is 0 Å². The molecule has 5 nitrogen and oxygen atoms in total. The van der Waals surface area contributed by atoms with E-state index in [0.717, 1.165) is 45.6 Å². The summed E-state index contributed by atoms with van der Waals surface area (Å²) in [6.45, 7) is 10.5. The van der Waals surface area contributed by atoms with E-state index in [0.29, 0.717) is 6.54 Å². The molecule has 0 radical (unpaired) electrons. The van der Waals surface area contributed by atoms with Gasteiger partial charge in [0, 0.05) is 26.2 Å². The molecule has 1 aromatic carbocycles. The predicted octanol–water partition coefficient (Wildman–Crippen LogP) is 3.29. The second kappa shape index (κ2) is 7.34. The summed E-state index contributed by atoms with van der Waals surface area (Å²) in [5.74, 6) is 0. The zero-order valence-electron chi connectivity index (χ0n) is 15.7. The number of benzene rings is 1. The summed E-state index contributed by atoms with van der Waals surface area (Å²) in [6.07, 6.45) is 1.73. The molecule has 1 spiro atoms. The van der Waals surface area contributed by atoms with E-state index in [-0.39, 0.29) is 11.7 Å². The minimum Gasteiger partial charge on any atom is -0.444 e. The lowest BCUT2D eigenvalue weighted by Crippen LogP contribution is -2.60. The van der Waals surface area contributed by atoms with Crippen molar-refractivity contribution in [2.75, 3.05) is 32.8 Å². The Morgan fingerprint density at radius 2 is 1.96 bits per heavy atom. The number of amides is 1. The first-order valence-electron chi connectivity index (χ1n) is 9.23. The zero-order chi connectivity index (χ0) is 17.9. The highest BCUT2D eigenvalue weighted by Crippen LogP contribution is 2.30. The van der Waals surface area contributed by atoms with Gasteiger partial charge in [0.05, 0.1) is 18.8 Å². The van der Waals surface area contributed by atoms with E-state index in [1.54, 1.807) is 0 Å². The number of morpholine rings is 1. The van der Waals surface area contributed by atoms with Crippen LogP contribution in [0.5, 0.6) is 0 Å². The maximum Gasteiger partial charge on any atom is 0.410 e. The third-order valence-corrected chi connectivity index (χ3v) is 4.77. The maximum atomic E-state index is 12.4. The van der Waals surface area contributed by atoms with E-state index in [1.807, 2.05) is 31.7 Å². The number of ether oxygens (including phenoxy) is 2. The van der Waals surface area contributed by atoms with E-state index in [1.165, 1.54) is 5.56 Å². The number of likely N-dealkylation sites (tertiary alicyclic amines) is 1. The van der Waals surface area contributed by atoms with Gasteiger partial charge in [-0.2, -0.15) is 0 Å². The highest BCUT2D eigenvalue weighted by molar-refractivity contribution is 5.68. The van der Waals surface area contributed by atoms with Gasteiger partial charge in [-0.15, -0.1) is 0 Å². The topological polar surface area (TPSA) is 42.0 Å². The van der Waals surface area contributed by atoms with Crippen LogP contribution in [0.15, 0.2) is 30.3 Å². The number of carbonyl (C=O) groups is 1. The van der Waals surface area contributed by atoms with Crippen LogP contribution in [0.2, 0.25) is 0 Å². The molecule has 1 atom stereocenters. The Bertz CT molecular complexity index is 580. The Labute approximate surface area is 150 Å². The van der Waals surface area contributed by atoms with Crippen LogP contribution in [0.1, 0.15) is 39.2 Å². The lowest BCUT2D eigenvalue weighted by atomic mass is 9.90. The molecule has 1 amide bonds. The van der Waals surface area contributed by atoms with Crippen molar-refractivity contribution < 1.29 is 14.3 Å². The number of hydrogen-bond acceptors (Lipinski definition) is 4. The second-order valence-electron chi connectivity index (χ2n) is 8.23. The Balaban J connectivity index is 1.63. The summed E-state index contributed by atoms with van der Waals surface area (Å²) in [6, 6.07) is 10.5. The first kappa shape index (κ1) is 18.2. The number of nitrogens with zero attached hydrogens (tertiary/aromatic N) is 2. The monoisotopic (exact) mass is 346 g/mol. The SMILES string of the molecule is CC(C)(C)OC(=O)N1CCCC2(CN(Cc3ccccc3)CCO2)C1. The summed E-state index contributed by atoms with van der Waals surface area (Å²) in [5, 5.41) is 0. The van der Waals surface area contributed by atoms with Crippen LogP contribution < -0.4 is 0 Å². The molecule has 2 heterocycles. The number of hydrogen-bond donors (Lipinski definition) is 0. The molecule has 0 N–H and O–H groups in total. The van der Waals surface area contributed by atoms with Crippen LogP contribution in [0.3, 0.4) is 0 Å². The molecule has 1 unspecified atom stereocenters. The Hall–Kier alpha value is -1.59. The van der Waals surface area contributed by atoms with Crippen LogP contribution in [0.25, 0.3) is 0 Å². The highest BCUT2D eigenvalue weighted by Gasteiger charge is 2.42. The fourth-order valence-corrected chi connectivity index (χ4v) is 3.73. The van der Waals surface area contributed by atoms with Gasteiger partial charge in [0.15, 0.2) is 0 Å². The number of carbonyl (C=O) groups excluding carboxylic acids is 1. The molecule has 0 saturated carbocycles. The smallest absolute Gasteiger partial charge is 0.410 e. The fraction of sp³-hybridized carbons (Fsp3) is 0.650. The Morgan fingerprint density at radius 1 is 1.20 bits per heavy atom. The van der Waals surface area contributed by atoms with Gasteiger partial charge in [0.1, 0.15) is 5.60 Å². The molecule has 2 aliphatic heterocycles. The first-order chi connectivity index (χ1) is 11.9. The first-order valence-corrected chi connectivity index (χ1v) is 9.23. The summed E-state index contributed by atoms with van der Waals surface area (Å²) < 4.78 is 11.7. The average molecular weight is 346 g/mol. The van der Waals surface area contributed by atoms with Gasteiger partial charge < -0.3 is 14.4 Å². The third kappa shape index (κ3) is 4.95. The van der Waals surface area contributed by atoms with Crippen molar-refractivity contribution in [2.45, 2.75) is 51.4 Å². The van der Waals surface area contributed by atoms with Crippen molar-refractivity contribution in [3.8, 4) is 0 Å². The van der Waals surface area contributed by atoms with Gasteiger partial charge in [-0.05, 0) is 39.2 Å². The predicted molar refractivity (Wildman–Crippen MR) is 97.4 cm³/mol. The molecular weight excluding hydrogens is 316 g/mol. The fourth-order valence-electron chi connectivity index (χ4n) is 3.73. The average Bonchev–Trinajstić information content (AvgIpc) is 2.54. The Morgan fingerprint density at radius 3 is 2.68 bits per heavy atom. The number of piperidine rings is 1. The van der Waals surface area contributed by atoms with Crippen molar-refractivity contribution in [3.05, 3.63) is 35.9 Å². The third-order valence-electron chi connectivity index (χ3n) is 4.77. The van der Waals surface area contributed by atoms with Crippen molar-refractivity contribution in [2.24, 2.45) is 0 Å². The van der Waals surface area contributed by atoms with Crippen molar-refractivity contribution >= 4 is 6.09 Å². The number of rotatable bonds is 2. The second-order valence-corrected chi connectivity index (χ2v) is 8.23. The van der Waals surface area contributed by atoms with Gasteiger partial charge in [-0.3, -0.25) is 4.90 Å². The van der Waals surface area contributed by atoms with Crippen LogP contribution in [0, 0.1) is 0 Å². The molecule has 0 aliphatic carbocycles. The molecule has 3 rings (SSSR count). The summed E-state index contributed by atoms with van der Waals surface area (Å²) in [4.78, 5) is 16.7. The molecule has 25 heavy (non-hydrogen) atoms. The Kier molecular flexibility index (Phi) is 5.35. The van der Waals surface area contributed by atoms with Gasteiger partial charge in [0.25, 0.3) is 0 Å². The molecule has 5 heteroatoms. The molecule has 138 valence electrons. The van der Waals surface area contributed by atoms with Crippen LogP contribution in [-0.4, -0.2) is 59.9 Å². The van der Waals surface area contributed by atoms with Gasteiger partial charge in [-0.25, -0.2) is 4.79 Å². The van der Waals surface area contributed by atoms with E-state index in [9.17, 15) is 4.79 Å². The van der Waals surface area contributed by atoms with E-state index < -0.39 is 5.60 Å². The molecule has 0 aromatic heterocycles. The van der Waals surface area contributed by atoms with Crippen molar-refractivity contribution in [3.63, 3.8) is 0 Å². The van der Waals surface area contributed by atoms with Crippen LogP contribution >= 0.6 is 0 Å². The molecule has 1 aromatic rings. The molecule has 2 fully saturated rings. The largest absolute Gasteiger partial charge is 0.444 e. The normalized spacial score (nSPS) is 25.2. The van der Waals surface area contributed by atoms with Crippen LogP contribution in [0.4, 0.5) is 4.79 Å². The van der Waals surface area contributed by atoms with E-state index in [4.69, 9.17) is 9.47 Å². The summed E-state index contributed by atoms with van der Waals surface area (Å²) >= 11 is 0. The highest BCUT2D eigenvalue weighted by atomic mass is 16.6. The quantitative estimate of drug-likeness (QED) is 0.824. The molecular formula is C20H30N2O3. The zero-order valence-corrected chi connectivity index (χ0v) is 15.7. The van der Waals surface area contributed by atoms with E-state index in [2.05, 4.69) is 29.2 Å². The maximum absolute atomic E-state index is 12.4. The van der Waals surface area contributed by atoms with Gasteiger partial charge in [0.2, 0.25) is 0 Å². The summed E-state index contributed by atoms with van der Waals surface area (Å²) in [5.41, 5.74) is 0.593. The lowest BCUT2D eigenvalue weighted by Gasteiger charge is -2.48. The lowest BCUT2D eigenvalue weighted by molar-refractivity contribution is -0.140. The van der Waals surface area contributed by atoms with Gasteiger partial charge >= 0.3 is 6.09 Å². The van der Waals surface area contributed by atoms with Gasteiger partial charge in [-0.1, -0.05) is 30.3 Å².